The molecule has 0 saturated heterocycles. The molecule has 0 saturated carbocycles. The van der Waals surface area contributed by atoms with Crippen molar-refractivity contribution in [2.24, 2.45) is 5.92 Å². The van der Waals surface area contributed by atoms with Gasteiger partial charge in [0.15, 0.2) is 4.96 Å². The summed E-state index contributed by atoms with van der Waals surface area (Å²) in [6.07, 6.45) is 4.52. The summed E-state index contributed by atoms with van der Waals surface area (Å²) in [6.45, 7) is 6.36. The molecule has 0 aliphatic heterocycles. The Labute approximate surface area is 112 Å². The Bertz CT molecular complexity index is 489. The minimum absolute atomic E-state index is 0.734. The second kappa shape index (κ2) is 6.20. The van der Waals surface area contributed by atoms with Crippen LogP contribution in [0, 0.1) is 5.92 Å². The molecule has 4 nitrogen and oxygen atoms in total. The first-order valence-electron chi connectivity index (χ1n) is 6.41. The van der Waals surface area contributed by atoms with E-state index in [1.807, 2.05) is 11.6 Å². The molecule has 0 fully saturated rings. The molecule has 0 amide bonds. The number of aromatic nitrogens is 2. The van der Waals surface area contributed by atoms with Gasteiger partial charge in [0.1, 0.15) is 5.69 Å². The highest BCUT2D eigenvalue weighted by Crippen LogP contribution is 2.22. The van der Waals surface area contributed by atoms with Gasteiger partial charge in [-0.1, -0.05) is 13.8 Å². The molecule has 0 unspecified atom stereocenters. The molecule has 2 aromatic rings. The lowest BCUT2D eigenvalue weighted by Gasteiger charge is -2.07. The van der Waals surface area contributed by atoms with Crippen molar-refractivity contribution in [3.05, 3.63) is 17.3 Å². The van der Waals surface area contributed by atoms with E-state index in [4.69, 9.17) is 4.74 Å². The van der Waals surface area contributed by atoms with Gasteiger partial charge in [-0.05, 0) is 25.3 Å². The highest BCUT2D eigenvalue weighted by molar-refractivity contribution is 7.15. The predicted octanol–water partition coefficient (Wildman–Crippen LogP) is 2.93. The Hall–Kier alpha value is -1.07. The molecule has 18 heavy (non-hydrogen) atoms. The van der Waals surface area contributed by atoms with Crippen molar-refractivity contribution in [1.82, 2.24) is 14.7 Å². The smallest absolute Gasteiger partial charge is 0.237 e. The third kappa shape index (κ3) is 3.03. The standard InChI is InChI=1S/C13H21N3OS/c1-10(2)5-4-6-14-9-11-12(17-3)15-13-16(11)7-8-18-13/h7-8,10,14H,4-6,9H2,1-3H3. The van der Waals surface area contributed by atoms with Crippen LogP contribution < -0.4 is 10.1 Å². The average Bonchev–Trinajstić information content (AvgIpc) is 2.89. The van der Waals surface area contributed by atoms with Crippen LogP contribution in [0.2, 0.25) is 0 Å². The Morgan fingerprint density at radius 1 is 1.50 bits per heavy atom. The second-order valence-electron chi connectivity index (χ2n) is 4.84. The normalized spacial score (nSPS) is 11.6. The van der Waals surface area contributed by atoms with E-state index in [0.717, 1.165) is 35.5 Å². The molecule has 2 aromatic heterocycles. The molecular weight excluding hydrogens is 246 g/mol. The van der Waals surface area contributed by atoms with Crippen molar-refractivity contribution in [1.29, 1.82) is 0 Å². The molecule has 0 spiro atoms. The first-order valence-corrected chi connectivity index (χ1v) is 7.29. The zero-order chi connectivity index (χ0) is 13.0. The zero-order valence-corrected chi connectivity index (χ0v) is 12.1. The summed E-state index contributed by atoms with van der Waals surface area (Å²) in [7, 11) is 1.68. The summed E-state index contributed by atoms with van der Waals surface area (Å²) in [5.74, 6) is 1.51. The molecule has 0 radical (unpaired) electrons. The first-order chi connectivity index (χ1) is 8.72. The fourth-order valence-electron chi connectivity index (χ4n) is 1.98. The van der Waals surface area contributed by atoms with Gasteiger partial charge in [0.05, 0.1) is 7.11 Å². The van der Waals surface area contributed by atoms with Gasteiger partial charge >= 0.3 is 0 Å². The SMILES string of the molecule is COc1nc2sccn2c1CNCCCC(C)C. The number of thiazole rings is 1. The molecule has 100 valence electrons. The Balaban J connectivity index is 1.91. The van der Waals surface area contributed by atoms with Gasteiger partial charge in [-0.15, -0.1) is 11.3 Å². The number of methoxy groups -OCH3 is 1. The van der Waals surface area contributed by atoms with Crippen LogP contribution in [0.5, 0.6) is 5.88 Å². The monoisotopic (exact) mass is 267 g/mol. The molecule has 0 aliphatic carbocycles. The van der Waals surface area contributed by atoms with E-state index in [9.17, 15) is 0 Å². The minimum Gasteiger partial charge on any atom is -0.480 e. The minimum atomic E-state index is 0.734. The van der Waals surface area contributed by atoms with Crippen LogP contribution in [0.4, 0.5) is 0 Å². The summed E-state index contributed by atoms with van der Waals surface area (Å²) in [5, 5.41) is 5.51. The van der Waals surface area contributed by atoms with E-state index in [2.05, 4.69) is 28.5 Å². The number of imidazole rings is 1. The van der Waals surface area contributed by atoms with Crippen molar-refractivity contribution < 1.29 is 4.74 Å². The lowest BCUT2D eigenvalue weighted by Crippen LogP contribution is -2.16. The van der Waals surface area contributed by atoms with E-state index in [0.29, 0.717) is 0 Å². The second-order valence-corrected chi connectivity index (χ2v) is 5.71. The van der Waals surface area contributed by atoms with Crippen molar-refractivity contribution >= 4 is 16.3 Å². The fourth-order valence-corrected chi connectivity index (χ4v) is 2.70. The van der Waals surface area contributed by atoms with Crippen molar-refractivity contribution in [2.75, 3.05) is 13.7 Å². The van der Waals surface area contributed by atoms with Crippen molar-refractivity contribution in [3.63, 3.8) is 0 Å². The highest BCUT2D eigenvalue weighted by Gasteiger charge is 2.12. The fraction of sp³-hybridized carbons (Fsp3) is 0.615. The van der Waals surface area contributed by atoms with E-state index >= 15 is 0 Å². The maximum Gasteiger partial charge on any atom is 0.237 e. The van der Waals surface area contributed by atoms with E-state index in [1.54, 1.807) is 18.4 Å². The molecular formula is C13H21N3OS. The van der Waals surface area contributed by atoms with Crippen LogP contribution in [0.3, 0.4) is 0 Å². The largest absolute Gasteiger partial charge is 0.480 e. The summed E-state index contributed by atoms with van der Waals surface area (Å²) < 4.78 is 7.41. The molecule has 0 aliphatic rings. The number of hydrogen-bond donors (Lipinski definition) is 1. The van der Waals surface area contributed by atoms with E-state index < -0.39 is 0 Å². The molecule has 0 aromatic carbocycles. The Kier molecular flexibility index (Phi) is 4.60. The maximum atomic E-state index is 5.32. The number of fused-ring (bicyclic) bond motifs is 1. The topological polar surface area (TPSA) is 38.6 Å². The van der Waals surface area contributed by atoms with Crippen LogP contribution in [-0.2, 0) is 6.54 Å². The molecule has 0 atom stereocenters. The third-order valence-electron chi connectivity index (χ3n) is 2.95. The third-order valence-corrected chi connectivity index (χ3v) is 3.70. The molecule has 2 rings (SSSR count). The summed E-state index contributed by atoms with van der Waals surface area (Å²) in [6, 6.07) is 0. The number of nitrogens with one attached hydrogen (secondary N) is 1. The Morgan fingerprint density at radius 2 is 2.33 bits per heavy atom. The van der Waals surface area contributed by atoms with Gasteiger partial charge in [0.25, 0.3) is 0 Å². The van der Waals surface area contributed by atoms with E-state index in [-0.39, 0.29) is 0 Å². The summed E-state index contributed by atoms with van der Waals surface area (Å²) in [5.41, 5.74) is 1.11. The average molecular weight is 267 g/mol. The number of ether oxygens (including phenoxy) is 1. The Morgan fingerprint density at radius 3 is 3.06 bits per heavy atom. The zero-order valence-electron chi connectivity index (χ0n) is 11.3. The van der Waals surface area contributed by atoms with Gasteiger partial charge in [-0.25, -0.2) is 0 Å². The molecule has 1 N–H and O–H groups in total. The lowest BCUT2D eigenvalue weighted by molar-refractivity contribution is 0.392. The molecule has 0 bridgehead atoms. The molecule has 2 heterocycles. The van der Waals surface area contributed by atoms with Crippen LogP contribution in [-0.4, -0.2) is 23.0 Å². The van der Waals surface area contributed by atoms with Crippen LogP contribution in [0.1, 0.15) is 32.4 Å². The van der Waals surface area contributed by atoms with Gasteiger partial charge in [-0.3, -0.25) is 4.40 Å². The number of hydrogen-bond acceptors (Lipinski definition) is 4. The summed E-state index contributed by atoms with van der Waals surface area (Å²) >= 11 is 1.63. The predicted molar refractivity (Wildman–Crippen MR) is 75.4 cm³/mol. The molecule has 5 heteroatoms. The quantitative estimate of drug-likeness (QED) is 0.784. The van der Waals surface area contributed by atoms with Crippen molar-refractivity contribution in [3.8, 4) is 5.88 Å². The van der Waals surface area contributed by atoms with Gasteiger partial charge in [0, 0.05) is 18.1 Å². The highest BCUT2D eigenvalue weighted by atomic mass is 32.1. The van der Waals surface area contributed by atoms with E-state index in [1.165, 1.54) is 12.8 Å². The lowest BCUT2D eigenvalue weighted by atomic mass is 10.1. The van der Waals surface area contributed by atoms with Crippen LogP contribution >= 0.6 is 11.3 Å². The number of rotatable bonds is 7. The number of nitrogens with zero attached hydrogens (tertiary/aromatic N) is 2. The summed E-state index contributed by atoms with van der Waals surface area (Å²) in [4.78, 5) is 5.43. The van der Waals surface area contributed by atoms with Gasteiger partial charge in [0.2, 0.25) is 5.88 Å². The maximum absolute atomic E-state index is 5.32. The van der Waals surface area contributed by atoms with Gasteiger partial charge in [-0.2, -0.15) is 4.98 Å². The van der Waals surface area contributed by atoms with Gasteiger partial charge < -0.3 is 10.1 Å². The first kappa shape index (κ1) is 13.4. The van der Waals surface area contributed by atoms with Crippen LogP contribution in [0.15, 0.2) is 11.6 Å². The van der Waals surface area contributed by atoms with Crippen molar-refractivity contribution in [2.45, 2.75) is 33.2 Å². The van der Waals surface area contributed by atoms with Crippen LogP contribution in [0.25, 0.3) is 4.96 Å².